The third-order valence-corrected chi connectivity index (χ3v) is 7.19. The highest BCUT2D eigenvalue weighted by Gasteiger charge is 2.29. The minimum Gasteiger partial charge on any atom is -0.373 e. The Balaban J connectivity index is 1.40. The van der Waals surface area contributed by atoms with Gasteiger partial charge in [0, 0.05) is 17.4 Å². The summed E-state index contributed by atoms with van der Waals surface area (Å²) in [6.07, 6.45) is 10.9. The largest absolute Gasteiger partial charge is 0.373 e. The number of amides is 1. The number of aromatic amines is 1. The monoisotopic (exact) mass is 464 g/mol. The van der Waals surface area contributed by atoms with Crippen molar-refractivity contribution in [1.29, 1.82) is 0 Å². The summed E-state index contributed by atoms with van der Waals surface area (Å²) in [5, 5.41) is 18.5. The van der Waals surface area contributed by atoms with Gasteiger partial charge in [-0.2, -0.15) is 0 Å². The van der Waals surface area contributed by atoms with Crippen LogP contribution in [0, 0.1) is 18.8 Å². The number of aliphatic hydroxyl groups is 1. The summed E-state index contributed by atoms with van der Waals surface area (Å²) in [5.74, 6) is 1.19. The summed E-state index contributed by atoms with van der Waals surface area (Å²) in [5.41, 5.74) is 3.88. The normalized spacial score (nSPS) is 20.9. The van der Waals surface area contributed by atoms with Crippen LogP contribution in [-0.2, 0) is 4.79 Å². The molecule has 0 aliphatic heterocycles. The predicted octanol–water partition coefficient (Wildman–Crippen LogP) is 4.18. The van der Waals surface area contributed by atoms with Crippen molar-refractivity contribution in [3.8, 4) is 0 Å². The third-order valence-electron chi connectivity index (χ3n) is 7.19. The number of aliphatic hydroxyl groups excluding tert-OH is 1. The first-order chi connectivity index (χ1) is 16.3. The van der Waals surface area contributed by atoms with Crippen LogP contribution in [0.5, 0.6) is 0 Å². The summed E-state index contributed by atoms with van der Waals surface area (Å²) in [6.45, 7) is 5.07. The minimum atomic E-state index is -0.932. The van der Waals surface area contributed by atoms with Crippen molar-refractivity contribution < 1.29 is 9.90 Å². The first kappa shape index (κ1) is 24.7. The second kappa shape index (κ2) is 10.9. The number of carbonyl (C=O) groups excluding carboxylic acids is 1. The van der Waals surface area contributed by atoms with Gasteiger partial charge in [-0.15, -0.1) is 0 Å². The van der Waals surface area contributed by atoms with Gasteiger partial charge in [-0.25, -0.2) is 0 Å². The van der Waals surface area contributed by atoms with Gasteiger partial charge >= 0.3 is 0 Å². The van der Waals surface area contributed by atoms with E-state index in [4.69, 9.17) is 0 Å². The Morgan fingerprint density at radius 3 is 2.68 bits per heavy atom. The standard InChI is InChI=1S/C28H40N4O2/c1-18-23-7-5-6-8-24(23)30-26(18)28(34)31-25(16-13-20-9-10-20)27(33)29-19(2)22-14-11-21(12-15-22)17-32(3)4/h5-8,11,14-15,19-21,25,28,30-31,34H,9-10,12-13,16-17H2,1-4H3,(H,29,33)/t19-,21?,25+,28?/m1/s1. The van der Waals surface area contributed by atoms with Crippen molar-refractivity contribution in [2.24, 2.45) is 11.8 Å². The number of rotatable bonds is 11. The fourth-order valence-corrected chi connectivity index (χ4v) is 4.95. The van der Waals surface area contributed by atoms with E-state index in [2.05, 4.69) is 52.8 Å². The number of H-pyrrole nitrogens is 1. The number of carbonyl (C=O) groups is 1. The lowest BCUT2D eigenvalue weighted by Crippen LogP contribution is -2.48. The molecule has 184 valence electrons. The van der Waals surface area contributed by atoms with Gasteiger partial charge in [0.1, 0.15) is 6.23 Å². The van der Waals surface area contributed by atoms with Gasteiger partial charge in [0.05, 0.1) is 17.8 Å². The molecule has 0 radical (unpaired) electrons. The van der Waals surface area contributed by atoms with Crippen molar-refractivity contribution >= 4 is 16.8 Å². The van der Waals surface area contributed by atoms with Crippen LogP contribution >= 0.6 is 0 Å². The zero-order chi connectivity index (χ0) is 24.2. The number of nitrogens with one attached hydrogen (secondary N) is 3. The number of allylic oxidation sites excluding steroid dienone is 1. The fourth-order valence-electron chi connectivity index (χ4n) is 4.95. The zero-order valence-electron chi connectivity index (χ0n) is 21.0. The van der Waals surface area contributed by atoms with Gasteiger partial charge in [-0.1, -0.05) is 49.3 Å². The van der Waals surface area contributed by atoms with Gasteiger partial charge < -0.3 is 20.3 Å². The molecule has 4 atom stereocenters. The van der Waals surface area contributed by atoms with Gasteiger partial charge in [-0.3, -0.25) is 10.1 Å². The first-order valence-corrected chi connectivity index (χ1v) is 12.7. The third kappa shape index (κ3) is 6.17. The maximum atomic E-state index is 13.3. The molecular formula is C28H40N4O2. The Bertz CT molecular complexity index is 1050. The van der Waals surface area contributed by atoms with Crippen LogP contribution in [0.4, 0.5) is 0 Å². The quantitative estimate of drug-likeness (QED) is 0.376. The molecule has 2 aliphatic carbocycles. The highest BCUT2D eigenvalue weighted by atomic mass is 16.3. The SMILES string of the molecule is Cc1c(C(O)N[C@@H](CCC2CC2)C(=O)N[C@H](C)C2=CCC(CN(C)C)C=C2)[nH]c2ccccc12. The van der Waals surface area contributed by atoms with Crippen LogP contribution in [0.3, 0.4) is 0 Å². The number of fused-ring (bicyclic) bond motifs is 1. The average molecular weight is 465 g/mol. The van der Waals surface area contributed by atoms with E-state index < -0.39 is 12.3 Å². The highest BCUT2D eigenvalue weighted by molar-refractivity contribution is 5.85. The number of nitrogens with zero attached hydrogens (tertiary/aromatic N) is 1. The van der Waals surface area contributed by atoms with Crippen LogP contribution in [0.25, 0.3) is 10.9 Å². The lowest BCUT2D eigenvalue weighted by atomic mass is 9.93. The molecule has 4 rings (SSSR count). The van der Waals surface area contributed by atoms with Crippen LogP contribution in [0.2, 0.25) is 0 Å². The van der Waals surface area contributed by atoms with E-state index in [1.54, 1.807) is 0 Å². The maximum absolute atomic E-state index is 13.3. The molecule has 4 N–H and O–H groups in total. The Morgan fingerprint density at radius 1 is 1.26 bits per heavy atom. The molecule has 2 aliphatic rings. The number of hydrogen-bond donors (Lipinski definition) is 4. The van der Waals surface area contributed by atoms with E-state index in [1.807, 2.05) is 38.1 Å². The first-order valence-electron chi connectivity index (χ1n) is 12.7. The zero-order valence-corrected chi connectivity index (χ0v) is 21.0. The Kier molecular flexibility index (Phi) is 7.91. The molecule has 6 heteroatoms. The van der Waals surface area contributed by atoms with Crippen LogP contribution in [-0.4, -0.2) is 53.6 Å². The van der Waals surface area contributed by atoms with Crippen LogP contribution in [0.15, 0.2) is 48.1 Å². The minimum absolute atomic E-state index is 0.0503. The van der Waals surface area contributed by atoms with Gasteiger partial charge in [-0.05, 0) is 76.2 Å². The van der Waals surface area contributed by atoms with Gasteiger partial charge in [0.15, 0.2) is 0 Å². The van der Waals surface area contributed by atoms with E-state index in [0.717, 1.165) is 59.5 Å². The summed E-state index contributed by atoms with van der Waals surface area (Å²) in [6, 6.07) is 7.51. The lowest BCUT2D eigenvalue weighted by Gasteiger charge is -2.26. The average Bonchev–Trinajstić information content (AvgIpc) is 3.58. The molecule has 2 aromatic rings. The molecule has 0 bridgehead atoms. The van der Waals surface area contributed by atoms with Gasteiger partial charge in [0.2, 0.25) is 5.91 Å². The molecular weight excluding hydrogens is 424 g/mol. The second-order valence-corrected chi connectivity index (χ2v) is 10.4. The number of aromatic nitrogens is 1. The summed E-state index contributed by atoms with van der Waals surface area (Å²) < 4.78 is 0. The molecule has 1 aromatic heterocycles. The number of aryl methyl sites for hydroxylation is 1. The van der Waals surface area contributed by atoms with Crippen molar-refractivity contribution in [1.82, 2.24) is 20.5 Å². The molecule has 6 nitrogen and oxygen atoms in total. The molecule has 1 amide bonds. The summed E-state index contributed by atoms with van der Waals surface area (Å²) in [4.78, 5) is 18.8. The Labute approximate surface area is 203 Å². The summed E-state index contributed by atoms with van der Waals surface area (Å²) >= 11 is 0. The van der Waals surface area contributed by atoms with E-state index in [-0.39, 0.29) is 11.9 Å². The van der Waals surface area contributed by atoms with Crippen molar-refractivity contribution in [3.05, 3.63) is 59.3 Å². The molecule has 1 aromatic carbocycles. The molecule has 1 heterocycles. The van der Waals surface area contributed by atoms with E-state index in [1.165, 1.54) is 12.8 Å². The highest BCUT2D eigenvalue weighted by Crippen LogP contribution is 2.34. The van der Waals surface area contributed by atoms with E-state index >= 15 is 0 Å². The van der Waals surface area contributed by atoms with Crippen molar-refractivity contribution in [2.45, 2.75) is 64.3 Å². The fraction of sp³-hybridized carbons (Fsp3) is 0.536. The molecule has 1 fully saturated rings. The Morgan fingerprint density at radius 2 is 2.03 bits per heavy atom. The maximum Gasteiger partial charge on any atom is 0.237 e. The smallest absolute Gasteiger partial charge is 0.237 e. The van der Waals surface area contributed by atoms with Crippen LogP contribution < -0.4 is 10.6 Å². The second-order valence-electron chi connectivity index (χ2n) is 10.4. The Hall–Kier alpha value is -2.41. The van der Waals surface area contributed by atoms with Crippen molar-refractivity contribution in [2.75, 3.05) is 20.6 Å². The predicted molar refractivity (Wildman–Crippen MR) is 138 cm³/mol. The number of hydrogen-bond acceptors (Lipinski definition) is 4. The number of benzene rings is 1. The van der Waals surface area contributed by atoms with Gasteiger partial charge in [0.25, 0.3) is 0 Å². The number of para-hydroxylation sites is 1. The summed E-state index contributed by atoms with van der Waals surface area (Å²) in [7, 11) is 4.19. The molecule has 34 heavy (non-hydrogen) atoms. The van der Waals surface area contributed by atoms with Crippen molar-refractivity contribution in [3.63, 3.8) is 0 Å². The molecule has 0 saturated heterocycles. The molecule has 1 saturated carbocycles. The topological polar surface area (TPSA) is 80.4 Å². The van der Waals surface area contributed by atoms with Crippen LogP contribution in [0.1, 0.15) is 56.5 Å². The lowest BCUT2D eigenvalue weighted by molar-refractivity contribution is -0.124. The molecule has 0 spiro atoms. The van der Waals surface area contributed by atoms with E-state index in [0.29, 0.717) is 5.92 Å². The molecule has 2 unspecified atom stereocenters. The van der Waals surface area contributed by atoms with E-state index in [9.17, 15) is 9.90 Å².